The summed E-state index contributed by atoms with van der Waals surface area (Å²) in [4.78, 5) is 8.41. The van der Waals surface area contributed by atoms with Crippen LogP contribution in [0.15, 0.2) is 46.5 Å². The summed E-state index contributed by atoms with van der Waals surface area (Å²) in [6.07, 6.45) is 3.93. The molecule has 0 spiro atoms. The van der Waals surface area contributed by atoms with Crippen molar-refractivity contribution < 1.29 is 9.47 Å². The van der Waals surface area contributed by atoms with Gasteiger partial charge < -0.3 is 19.7 Å². The topological polar surface area (TPSA) is 63.9 Å². The Hall–Kier alpha value is -2.19. The Labute approximate surface area is 183 Å². The summed E-state index contributed by atoms with van der Waals surface area (Å²) in [5, 5.41) is 7.73. The monoisotopic (exact) mass is 431 g/mol. The van der Waals surface area contributed by atoms with Gasteiger partial charge in [-0.15, -0.1) is 11.8 Å². The molecule has 1 aromatic carbocycles. The third-order valence-electron chi connectivity index (χ3n) is 4.94. The van der Waals surface area contributed by atoms with E-state index in [1.54, 1.807) is 7.11 Å². The highest BCUT2D eigenvalue weighted by molar-refractivity contribution is 7.99. The molecule has 7 nitrogen and oxygen atoms in total. The van der Waals surface area contributed by atoms with E-state index < -0.39 is 0 Å². The van der Waals surface area contributed by atoms with Gasteiger partial charge in [-0.05, 0) is 25.0 Å². The van der Waals surface area contributed by atoms with Crippen LogP contribution in [0, 0.1) is 5.92 Å². The van der Waals surface area contributed by atoms with E-state index in [9.17, 15) is 0 Å². The van der Waals surface area contributed by atoms with Crippen LogP contribution in [0.1, 0.15) is 25.5 Å². The first-order valence-corrected chi connectivity index (χ1v) is 11.5. The van der Waals surface area contributed by atoms with E-state index in [4.69, 9.17) is 14.5 Å². The molecular weight excluding hydrogens is 398 g/mol. The van der Waals surface area contributed by atoms with Crippen molar-refractivity contribution in [3.05, 3.63) is 42.2 Å². The van der Waals surface area contributed by atoms with E-state index in [0.717, 1.165) is 49.2 Å². The molecule has 1 N–H and O–H groups in total. The fourth-order valence-corrected chi connectivity index (χ4v) is 4.38. The number of aliphatic imine (C=N–C) groups is 1. The number of benzene rings is 1. The van der Waals surface area contributed by atoms with Gasteiger partial charge >= 0.3 is 0 Å². The zero-order valence-electron chi connectivity index (χ0n) is 18.4. The molecule has 0 aliphatic carbocycles. The molecule has 3 rings (SSSR count). The molecule has 164 valence electrons. The van der Waals surface area contributed by atoms with Gasteiger partial charge in [0, 0.05) is 49.1 Å². The summed E-state index contributed by atoms with van der Waals surface area (Å²) in [6, 6.07) is 8.16. The fourth-order valence-electron chi connectivity index (χ4n) is 3.34. The van der Waals surface area contributed by atoms with E-state index in [0.29, 0.717) is 12.5 Å². The molecule has 1 aliphatic heterocycles. The van der Waals surface area contributed by atoms with Crippen LogP contribution in [-0.4, -0.2) is 66.3 Å². The van der Waals surface area contributed by atoms with Crippen LogP contribution in [0.4, 0.5) is 0 Å². The standard InChI is InChI=1S/C22H33N5O2S/c1-5-23-22(27-10-11-29-20(15-27)18-13-25-26(3)14-18)24-12-17(2)16-30-21-9-7-6-8-19(21)28-4/h6-9,13-14,17,20H,5,10-12,15-16H2,1-4H3,(H,23,24). The lowest BCUT2D eigenvalue weighted by Crippen LogP contribution is -2.48. The predicted molar refractivity (Wildman–Crippen MR) is 122 cm³/mol. The Bertz CT molecular complexity index is 825. The number of aromatic nitrogens is 2. The molecule has 8 heteroatoms. The summed E-state index contributed by atoms with van der Waals surface area (Å²) < 4.78 is 13.2. The first-order valence-electron chi connectivity index (χ1n) is 10.5. The maximum absolute atomic E-state index is 5.98. The SMILES string of the molecule is CCNC(=NCC(C)CSc1ccccc1OC)N1CCOC(c2cnn(C)c2)C1. The molecule has 2 atom stereocenters. The molecule has 30 heavy (non-hydrogen) atoms. The normalized spacial score (nSPS) is 18.3. The lowest BCUT2D eigenvalue weighted by Gasteiger charge is -2.35. The molecule has 2 unspecified atom stereocenters. The first kappa shape index (κ1) is 22.5. The second-order valence-corrected chi connectivity index (χ2v) is 8.58. The van der Waals surface area contributed by atoms with Crippen LogP contribution in [0.25, 0.3) is 0 Å². The number of thioether (sulfide) groups is 1. The number of hydrogen-bond donors (Lipinski definition) is 1. The molecule has 1 saturated heterocycles. The van der Waals surface area contributed by atoms with Crippen molar-refractivity contribution in [1.82, 2.24) is 20.0 Å². The maximum atomic E-state index is 5.98. The van der Waals surface area contributed by atoms with Crippen LogP contribution in [-0.2, 0) is 11.8 Å². The molecule has 1 aliphatic rings. The third-order valence-corrected chi connectivity index (χ3v) is 6.33. The number of methoxy groups -OCH3 is 1. The van der Waals surface area contributed by atoms with Crippen LogP contribution in [0.5, 0.6) is 5.75 Å². The third kappa shape index (κ3) is 6.15. The van der Waals surface area contributed by atoms with Crippen molar-refractivity contribution in [2.24, 2.45) is 18.0 Å². The number of aryl methyl sites for hydroxylation is 1. The van der Waals surface area contributed by atoms with Crippen molar-refractivity contribution in [2.75, 3.05) is 45.6 Å². The van der Waals surface area contributed by atoms with Gasteiger partial charge in [0.25, 0.3) is 0 Å². The van der Waals surface area contributed by atoms with Crippen LogP contribution in [0.3, 0.4) is 0 Å². The highest BCUT2D eigenvalue weighted by atomic mass is 32.2. The van der Waals surface area contributed by atoms with Gasteiger partial charge in [0.05, 0.1) is 26.5 Å². The number of rotatable bonds is 8. The number of para-hydroxylation sites is 1. The van der Waals surface area contributed by atoms with Gasteiger partial charge in [-0.1, -0.05) is 19.1 Å². The molecule has 2 aromatic rings. The van der Waals surface area contributed by atoms with Gasteiger partial charge in [0.1, 0.15) is 11.9 Å². The molecule has 0 bridgehead atoms. The van der Waals surface area contributed by atoms with E-state index in [-0.39, 0.29) is 6.10 Å². The first-order chi connectivity index (χ1) is 14.6. The number of nitrogens with zero attached hydrogens (tertiary/aromatic N) is 4. The summed E-state index contributed by atoms with van der Waals surface area (Å²) in [7, 11) is 3.65. The lowest BCUT2D eigenvalue weighted by molar-refractivity contribution is -0.00805. The number of ether oxygens (including phenoxy) is 2. The zero-order chi connectivity index (χ0) is 21.3. The zero-order valence-corrected chi connectivity index (χ0v) is 19.2. The largest absolute Gasteiger partial charge is 0.496 e. The van der Waals surface area contributed by atoms with E-state index in [1.165, 1.54) is 4.90 Å². The molecule has 0 radical (unpaired) electrons. The average molecular weight is 432 g/mol. The Morgan fingerprint density at radius 3 is 3.00 bits per heavy atom. The minimum atomic E-state index is 0.0230. The van der Waals surface area contributed by atoms with Crippen molar-refractivity contribution in [3.8, 4) is 5.75 Å². The van der Waals surface area contributed by atoms with Crippen LogP contribution >= 0.6 is 11.8 Å². The van der Waals surface area contributed by atoms with E-state index >= 15 is 0 Å². The summed E-state index contributed by atoms with van der Waals surface area (Å²) >= 11 is 1.82. The second-order valence-electron chi connectivity index (χ2n) is 7.51. The Morgan fingerprint density at radius 1 is 1.43 bits per heavy atom. The van der Waals surface area contributed by atoms with Gasteiger partial charge in [0.15, 0.2) is 5.96 Å². The van der Waals surface area contributed by atoms with Gasteiger partial charge in [0.2, 0.25) is 0 Å². The van der Waals surface area contributed by atoms with Crippen LogP contribution < -0.4 is 10.1 Å². The van der Waals surface area contributed by atoms with Crippen molar-refractivity contribution in [2.45, 2.75) is 24.8 Å². The van der Waals surface area contributed by atoms with Gasteiger partial charge in [-0.25, -0.2) is 0 Å². The number of hydrogen-bond acceptors (Lipinski definition) is 5. The molecule has 0 saturated carbocycles. The highest BCUT2D eigenvalue weighted by Gasteiger charge is 2.25. The van der Waals surface area contributed by atoms with E-state index in [2.05, 4.69) is 35.2 Å². The van der Waals surface area contributed by atoms with E-state index in [1.807, 2.05) is 54.1 Å². The summed E-state index contributed by atoms with van der Waals surface area (Å²) in [5.41, 5.74) is 1.11. The minimum absolute atomic E-state index is 0.0230. The smallest absolute Gasteiger partial charge is 0.194 e. The molecular formula is C22H33N5O2S. The molecule has 2 heterocycles. The van der Waals surface area contributed by atoms with Crippen molar-refractivity contribution in [3.63, 3.8) is 0 Å². The minimum Gasteiger partial charge on any atom is -0.496 e. The second kappa shape index (κ2) is 11.3. The lowest BCUT2D eigenvalue weighted by atomic mass is 10.1. The highest BCUT2D eigenvalue weighted by Crippen LogP contribution is 2.30. The van der Waals surface area contributed by atoms with Crippen LogP contribution in [0.2, 0.25) is 0 Å². The molecule has 1 aromatic heterocycles. The average Bonchev–Trinajstić information content (AvgIpc) is 3.21. The Balaban J connectivity index is 1.57. The molecule has 1 fully saturated rings. The predicted octanol–water partition coefficient (Wildman–Crippen LogP) is 3.20. The summed E-state index contributed by atoms with van der Waals surface area (Å²) in [6.45, 7) is 8.28. The number of guanidine groups is 1. The Morgan fingerprint density at radius 2 is 2.27 bits per heavy atom. The summed E-state index contributed by atoms with van der Waals surface area (Å²) in [5.74, 6) is 3.33. The van der Waals surface area contributed by atoms with Gasteiger partial charge in [-0.3, -0.25) is 9.67 Å². The fraction of sp³-hybridized carbons (Fsp3) is 0.545. The van der Waals surface area contributed by atoms with Crippen molar-refractivity contribution >= 4 is 17.7 Å². The molecule has 0 amide bonds. The maximum Gasteiger partial charge on any atom is 0.194 e. The Kier molecular flexibility index (Phi) is 8.45. The quantitative estimate of drug-likeness (QED) is 0.393. The van der Waals surface area contributed by atoms with Gasteiger partial charge in [-0.2, -0.15) is 5.10 Å². The number of nitrogens with one attached hydrogen (secondary N) is 1. The number of morpholine rings is 1. The van der Waals surface area contributed by atoms with Crippen molar-refractivity contribution in [1.29, 1.82) is 0 Å².